The summed E-state index contributed by atoms with van der Waals surface area (Å²) in [6, 6.07) is 13.4. The van der Waals surface area contributed by atoms with E-state index in [1.54, 1.807) is 6.20 Å². The van der Waals surface area contributed by atoms with Crippen LogP contribution in [0.25, 0.3) is 10.4 Å². The number of thiophene rings is 1. The Morgan fingerprint density at radius 2 is 2.03 bits per heavy atom. The number of fused-ring (bicyclic) bond motifs is 3. The van der Waals surface area contributed by atoms with Crippen LogP contribution in [-0.2, 0) is 24.3 Å². The fourth-order valence-electron chi connectivity index (χ4n) is 3.55. The Bertz CT molecular complexity index is 1230. The van der Waals surface area contributed by atoms with Crippen molar-refractivity contribution >= 4 is 28.8 Å². The predicted octanol–water partition coefficient (Wildman–Crippen LogP) is 5.33. The maximum atomic E-state index is 13.0. The van der Waals surface area contributed by atoms with Gasteiger partial charge < -0.3 is 4.74 Å². The second kappa shape index (κ2) is 8.58. The molecule has 1 N–H and O–H groups in total. The Hall–Kier alpha value is -3.07. The van der Waals surface area contributed by atoms with Crippen LogP contribution in [0.1, 0.15) is 32.1 Å². The molecular weight excluding hydrogens is 430 g/mol. The molecule has 0 spiro atoms. The van der Waals surface area contributed by atoms with E-state index in [1.165, 1.54) is 28.4 Å². The zero-order chi connectivity index (χ0) is 21.2. The average molecular weight is 450 g/mol. The molecule has 0 aliphatic heterocycles. The minimum absolute atomic E-state index is 0.261. The molecule has 0 saturated carbocycles. The van der Waals surface area contributed by atoms with Gasteiger partial charge in [0.05, 0.1) is 22.7 Å². The van der Waals surface area contributed by atoms with Crippen molar-refractivity contribution in [2.24, 2.45) is 0 Å². The number of ether oxygens (including phenoxy) is 1. The van der Waals surface area contributed by atoms with E-state index in [0.29, 0.717) is 22.3 Å². The van der Waals surface area contributed by atoms with Gasteiger partial charge in [0.2, 0.25) is 0 Å². The standard InChI is InChI=1S/C23H19N3O3S2/c1-14-18(8-5-11-24-14)29-23-19-17(10-9-16-12-25-31-20(16)19)21(30-23)22(27)26-28-13-15-6-3-2-4-7-15/h2-8,11-12H,9-10,13H2,1H3,(H,26,27). The van der Waals surface area contributed by atoms with Crippen molar-refractivity contribution in [1.82, 2.24) is 14.8 Å². The van der Waals surface area contributed by atoms with E-state index in [2.05, 4.69) is 14.8 Å². The van der Waals surface area contributed by atoms with Crippen molar-refractivity contribution < 1.29 is 14.4 Å². The molecule has 8 heteroatoms. The number of hydrogen-bond acceptors (Lipinski definition) is 7. The highest BCUT2D eigenvalue weighted by Crippen LogP contribution is 2.50. The largest absolute Gasteiger partial charge is 0.444 e. The summed E-state index contributed by atoms with van der Waals surface area (Å²) >= 11 is 2.77. The second-order valence-electron chi connectivity index (χ2n) is 7.15. The van der Waals surface area contributed by atoms with Crippen molar-refractivity contribution in [3.05, 3.63) is 82.1 Å². The van der Waals surface area contributed by atoms with Crippen molar-refractivity contribution in [2.75, 3.05) is 0 Å². The maximum absolute atomic E-state index is 13.0. The first kappa shape index (κ1) is 19.9. The molecule has 1 aromatic carbocycles. The van der Waals surface area contributed by atoms with Gasteiger partial charge in [0.15, 0.2) is 5.06 Å². The molecule has 5 rings (SSSR count). The molecule has 6 nitrogen and oxygen atoms in total. The molecule has 4 aromatic rings. The number of nitrogens with one attached hydrogen (secondary N) is 1. The molecule has 1 aliphatic carbocycles. The normalized spacial score (nSPS) is 12.2. The number of carbonyl (C=O) groups is 1. The van der Waals surface area contributed by atoms with Crippen LogP contribution < -0.4 is 10.2 Å². The van der Waals surface area contributed by atoms with Gasteiger partial charge in [-0.15, -0.1) is 0 Å². The van der Waals surface area contributed by atoms with Crippen LogP contribution >= 0.6 is 22.9 Å². The third-order valence-corrected chi connectivity index (χ3v) is 7.07. The van der Waals surface area contributed by atoms with Gasteiger partial charge in [0, 0.05) is 12.4 Å². The number of nitrogens with zero attached hydrogens (tertiary/aromatic N) is 2. The Labute approximate surface area is 187 Å². The maximum Gasteiger partial charge on any atom is 0.285 e. The van der Waals surface area contributed by atoms with Crippen LogP contribution in [0.5, 0.6) is 10.8 Å². The first-order valence-corrected chi connectivity index (χ1v) is 11.4. The molecular formula is C23H19N3O3S2. The minimum Gasteiger partial charge on any atom is -0.444 e. The van der Waals surface area contributed by atoms with E-state index in [9.17, 15) is 4.79 Å². The first-order valence-electron chi connectivity index (χ1n) is 9.86. The van der Waals surface area contributed by atoms with Crippen molar-refractivity contribution in [1.29, 1.82) is 0 Å². The lowest BCUT2D eigenvalue weighted by Crippen LogP contribution is -2.24. The van der Waals surface area contributed by atoms with E-state index in [1.807, 2.05) is 55.6 Å². The molecule has 1 aliphatic rings. The summed E-state index contributed by atoms with van der Waals surface area (Å²) in [5.74, 6) is 0.415. The highest BCUT2D eigenvalue weighted by atomic mass is 32.1. The van der Waals surface area contributed by atoms with Gasteiger partial charge in [0.25, 0.3) is 5.91 Å². The zero-order valence-electron chi connectivity index (χ0n) is 16.8. The van der Waals surface area contributed by atoms with Gasteiger partial charge in [-0.2, -0.15) is 0 Å². The zero-order valence-corrected chi connectivity index (χ0v) is 18.4. The van der Waals surface area contributed by atoms with Crippen LogP contribution in [0.2, 0.25) is 0 Å². The third-order valence-electron chi connectivity index (χ3n) is 5.10. The fourth-order valence-corrected chi connectivity index (χ4v) is 5.59. The van der Waals surface area contributed by atoms with Gasteiger partial charge in [0.1, 0.15) is 10.6 Å². The SMILES string of the molecule is Cc1ncccc1Oc1sc(C(=O)NOCc2ccccc2)c2c1-c1sncc1CC2. The number of hydrogen-bond donors (Lipinski definition) is 1. The van der Waals surface area contributed by atoms with Crippen LogP contribution in [0.4, 0.5) is 0 Å². The second-order valence-corrected chi connectivity index (χ2v) is 8.93. The van der Waals surface area contributed by atoms with Crippen molar-refractivity contribution in [2.45, 2.75) is 26.4 Å². The van der Waals surface area contributed by atoms with Gasteiger partial charge in [-0.05, 0) is 60.1 Å². The number of aryl methyl sites for hydroxylation is 2. The molecule has 3 heterocycles. The summed E-state index contributed by atoms with van der Waals surface area (Å²) < 4.78 is 10.6. The number of benzene rings is 1. The quantitative estimate of drug-likeness (QED) is 0.403. The van der Waals surface area contributed by atoms with E-state index < -0.39 is 0 Å². The molecule has 31 heavy (non-hydrogen) atoms. The smallest absolute Gasteiger partial charge is 0.285 e. The summed E-state index contributed by atoms with van der Waals surface area (Å²) in [7, 11) is 0. The molecule has 0 bridgehead atoms. The lowest BCUT2D eigenvalue weighted by molar-refractivity contribution is 0.0236. The molecule has 0 saturated heterocycles. The molecule has 0 radical (unpaired) electrons. The molecule has 156 valence electrons. The number of rotatable bonds is 6. The van der Waals surface area contributed by atoms with Gasteiger partial charge in [-0.3, -0.25) is 14.6 Å². The third kappa shape index (κ3) is 3.97. The van der Waals surface area contributed by atoms with Crippen LogP contribution in [0, 0.1) is 6.92 Å². The number of amides is 1. The van der Waals surface area contributed by atoms with Crippen LogP contribution in [0.15, 0.2) is 54.9 Å². The highest BCUT2D eigenvalue weighted by molar-refractivity contribution is 7.17. The Balaban J connectivity index is 1.44. The topological polar surface area (TPSA) is 73.3 Å². The summed E-state index contributed by atoms with van der Waals surface area (Å²) in [5.41, 5.74) is 7.51. The van der Waals surface area contributed by atoms with E-state index in [0.717, 1.165) is 40.1 Å². The molecule has 0 unspecified atom stereocenters. The fraction of sp³-hybridized carbons (Fsp3) is 0.174. The van der Waals surface area contributed by atoms with Crippen molar-refractivity contribution in [3.8, 4) is 21.3 Å². The molecule has 0 fully saturated rings. The number of carbonyl (C=O) groups excluding carboxylic acids is 1. The Morgan fingerprint density at radius 1 is 1.16 bits per heavy atom. The summed E-state index contributed by atoms with van der Waals surface area (Å²) in [4.78, 5) is 24.4. The highest BCUT2D eigenvalue weighted by Gasteiger charge is 2.31. The minimum atomic E-state index is -0.261. The molecule has 0 atom stereocenters. The summed E-state index contributed by atoms with van der Waals surface area (Å²) in [6.07, 6.45) is 5.25. The summed E-state index contributed by atoms with van der Waals surface area (Å²) in [6.45, 7) is 2.20. The van der Waals surface area contributed by atoms with E-state index in [4.69, 9.17) is 9.57 Å². The Morgan fingerprint density at radius 3 is 2.87 bits per heavy atom. The number of aromatic nitrogens is 2. The van der Waals surface area contributed by atoms with Crippen LogP contribution in [-0.4, -0.2) is 15.3 Å². The van der Waals surface area contributed by atoms with Gasteiger partial charge in [-0.1, -0.05) is 41.7 Å². The lowest BCUT2D eigenvalue weighted by atomic mass is 9.93. The van der Waals surface area contributed by atoms with Gasteiger partial charge in [-0.25, -0.2) is 9.85 Å². The predicted molar refractivity (Wildman–Crippen MR) is 121 cm³/mol. The Kier molecular flexibility index (Phi) is 5.50. The van der Waals surface area contributed by atoms with E-state index >= 15 is 0 Å². The van der Waals surface area contributed by atoms with E-state index in [-0.39, 0.29) is 5.91 Å². The lowest BCUT2D eigenvalue weighted by Gasteiger charge is -2.14. The first-order chi connectivity index (χ1) is 15.2. The molecule has 3 aromatic heterocycles. The number of pyridine rings is 1. The number of hydroxylamine groups is 1. The average Bonchev–Trinajstić information content (AvgIpc) is 3.40. The van der Waals surface area contributed by atoms with Crippen molar-refractivity contribution in [3.63, 3.8) is 0 Å². The van der Waals surface area contributed by atoms with Crippen LogP contribution in [0.3, 0.4) is 0 Å². The molecule has 1 amide bonds. The monoisotopic (exact) mass is 449 g/mol. The summed E-state index contributed by atoms with van der Waals surface area (Å²) in [5, 5.41) is 0.685. The van der Waals surface area contributed by atoms with Gasteiger partial charge >= 0.3 is 0 Å².